The van der Waals surface area contributed by atoms with Gasteiger partial charge in [-0.05, 0) is 88.1 Å². The van der Waals surface area contributed by atoms with Gasteiger partial charge in [-0.15, -0.1) is 0 Å². The Hall–Kier alpha value is -2.28. The Morgan fingerprint density at radius 2 is 1.31 bits per heavy atom. The monoisotopic (exact) mass is 677 g/mol. The average molecular weight is 679 g/mol. The fourth-order valence-corrected chi connectivity index (χ4v) is 4.40. The molecule has 39 heavy (non-hydrogen) atoms. The molecule has 2 heterocycles. The van der Waals surface area contributed by atoms with Gasteiger partial charge in [0.05, 0.1) is 14.2 Å². The van der Waals surface area contributed by atoms with Gasteiger partial charge in [-0.25, -0.2) is 14.8 Å². The number of aromatic nitrogens is 2. The first-order valence-electron chi connectivity index (χ1n) is 12.2. The van der Waals surface area contributed by atoms with E-state index in [1.807, 2.05) is 27.7 Å². The molecular formula is C27H41Br2N3O7. The summed E-state index contributed by atoms with van der Waals surface area (Å²) in [6.07, 6.45) is 0.911. The highest BCUT2D eigenvalue weighted by molar-refractivity contribution is 9.10. The quantitative estimate of drug-likeness (QED) is 0.250. The van der Waals surface area contributed by atoms with E-state index < -0.39 is 17.2 Å². The molecule has 10 nitrogen and oxygen atoms in total. The van der Waals surface area contributed by atoms with Crippen molar-refractivity contribution in [3.63, 3.8) is 0 Å². The van der Waals surface area contributed by atoms with Gasteiger partial charge in [0.25, 0.3) is 0 Å². The molecule has 2 atom stereocenters. The van der Waals surface area contributed by atoms with E-state index in [9.17, 15) is 14.7 Å². The van der Waals surface area contributed by atoms with Crippen LogP contribution >= 0.6 is 31.9 Å². The third-order valence-corrected chi connectivity index (χ3v) is 5.89. The molecule has 0 aliphatic carbocycles. The molecule has 2 aromatic heterocycles. The van der Waals surface area contributed by atoms with Crippen LogP contribution in [0.25, 0.3) is 0 Å². The summed E-state index contributed by atoms with van der Waals surface area (Å²) in [7, 11) is 3.07. The van der Waals surface area contributed by atoms with Crippen LogP contribution in [0.15, 0.2) is 33.5 Å². The lowest BCUT2D eigenvalue weighted by Crippen LogP contribution is -2.37. The summed E-state index contributed by atoms with van der Waals surface area (Å²) in [5, 5.41) is 27.8. The first-order chi connectivity index (χ1) is 17.8. The van der Waals surface area contributed by atoms with Crippen molar-refractivity contribution in [3.05, 3.63) is 39.0 Å². The Kier molecular flexibility index (Phi) is 15.8. The SMILES string of the molecule is CC(C)C[C@](C)(O)C(=O)O.COc1cc(CC(=O)[C@@](C)(O)CC(C)C)cc(Br)n1.COc1cc(N)cc(Br)n1. The smallest absolute Gasteiger partial charge is 0.335 e. The maximum Gasteiger partial charge on any atom is 0.335 e. The van der Waals surface area contributed by atoms with Crippen LogP contribution in [0, 0.1) is 11.8 Å². The lowest BCUT2D eigenvalue weighted by molar-refractivity contribution is -0.158. The zero-order valence-electron chi connectivity index (χ0n) is 23.8. The molecule has 0 fully saturated rings. The second-order valence-electron chi connectivity index (χ2n) is 10.3. The number of ether oxygens (including phenoxy) is 2. The number of ketones is 1. The molecule has 2 rings (SSSR count). The zero-order chi connectivity index (χ0) is 30.6. The second kappa shape index (κ2) is 16.7. The Labute approximate surface area is 247 Å². The predicted molar refractivity (Wildman–Crippen MR) is 158 cm³/mol. The van der Waals surface area contributed by atoms with Crippen molar-refractivity contribution in [1.29, 1.82) is 0 Å². The highest BCUT2D eigenvalue weighted by atomic mass is 79.9. The van der Waals surface area contributed by atoms with Gasteiger partial charge in [0.1, 0.15) is 14.8 Å². The van der Waals surface area contributed by atoms with Gasteiger partial charge >= 0.3 is 5.97 Å². The standard InChI is InChI=1S/C14H20BrNO3.C7H14O3.C6H7BrN2O/c1-9(2)8-14(3,18)11(17)5-10-6-12(15)16-13(7-10)19-4;1-5(2)4-7(3,10)6(8)9;1-10-6-3-4(8)2-5(7)9-6/h6-7,9,18H,5,8H2,1-4H3;5,10H,4H2,1-3H3,(H,8,9);2-3H,1H3,(H2,8,9)/t14-;7-;/m00./s1. The number of anilines is 1. The summed E-state index contributed by atoms with van der Waals surface area (Å²) < 4.78 is 11.2. The number of nitrogens with zero attached hydrogens (tertiary/aromatic N) is 2. The van der Waals surface area contributed by atoms with Gasteiger partial charge in [0, 0.05) is 24.2 Å². The lowest BCUT2D eigenvalue weighted by atomic mass is 9.87. The number of nitrogens with two attached hydrogens (primary N) is 1. The van der Waals surface area contributed by atoms with E-state index in [-0.39, 0.29) is 24.0 Å². The van der Waals surface area contributed by atoms with Gasteiger partial charge in [0.15, 0.2) is 11.4 Å². The highest BCUT2D eigenvalue weighted by Gasteiger charge is 2.31. The highest BCUT2D eigenvalue weighted by Crippen LogP contribution is 2.22. The van der Waals surface area contributed by atoms with Crippen molar-refractivity contribution in [2.45, 2.75) is 72.0 Å². The number of nitrogen functional groups attached to an aromatic ring is 1. The van der Waals surface area contributed by atoms with Crippen molar-refractivity contribution in [2.75, 3.05) is 20.0 Å². The zero-order valence-corrected chi connectivity index (χ0v) is 27.0. The van der Waals surface area contributed by atoms with Crippen molar-refractivity contribution in [2.24, 2.45) is 11.8 Å². The van der Waals surface area contributed by atoms with Crippen LogP contribution < -0.4 is 15.2 Å². The summed E-state index contributed by atoms with van der Waals surface area (Å²) in [6.45, 7) is 10.6. The van der Waals surface area contributed by atoms with Crippen LogP contribution in [0.4, 0.5) is 5.69 Å². The minimum Gasteiger partial charge on any atom is -0.481 e. The topological polar surface area (TPSA) is 165 Å². The molecule has 0 bridgehead atoms. The van der Waals surface area contributed by atoms with Crippen LogP contribution in [-0.2, 0) is 16.0 Å². The van der Waals surface area contributed by atoms with E-state index in [1.54, 1.807) is 38.3 Å². The number of carbonyl (C=O) groups excluding carboxylic acids is 1. The van der Waals surface area contributed by atoms with E-state index >= 15 is 0 Å². The molecule has 0 spiro atoms. The summed E-state index contributed by atoms with van der Waals surface area (Å²) in [5.74, 6) is 0.0823. The number of hydrogen-bond donors (Lipinski definition) is 4. The van der Waals surface area contributed by atoms with Crippen molar-refractivity contribution >= 4 is 49.3 Å². The number of hydrogen-bond acceptors (Lipinski definition) is 9. The molecule has 0 saturated heterocycles. The number of aliphatic hydroxyl groups is 2. The third kappa shape index (κ3) is 15.2. The number of rotatable bonds is 10. The van der Waals surface area contributed by atoms with E-state index in [0.29, 0.717) is 39.5 Å². The summed E-state index contributed by atoms with van der Waals surface area (Å²) in [5.41, 5.74) is 4.04. The van der Waals surface area contributed by atoms with E-state index in [2.05, 4.69) is 41.8 Å². The fourth-order valence-electron chi connectivity index (χ4n) is 3.49. The third-order valence-electron chi connectivity index (χ3n) is 5.08. The number of methoxy groups -OCH3 is 2. The molecular weight excluding hydrogens is 638 g/mol. The molecule has 5 N–H and O–H groups in total. The van der Waals surface area contributed by atoms with Crippen LogP contribution in [0.5, 0.6) is 11.8 Å². The first kappa shape index (κ1) is 36.7. The molecule has 0 unspecified atom stereocenters. The van der Waals surface area contributed by atoms with Crippen LogP contribution in [0.3, 0.4) is 0 Å². The number of Topliss-reactive ketones (excluding diaryl/α,β-unsaturated/α-hetero) is 1. The van der Waals surface area contributed by atoms with Gasteiger partial charge < -0.3 is 30.5 Å². The van der Waals surface area contributed by atoms with E-state index in [4.69, 9.17) is 25.4 Å². The van der Waals surface area contributed by atoms with Gasteiger partial charge in [-0.1, -0.05) is 27.7 Å². The van der Waals surface area contributed by atoms with Crippen molar-refractivity contribution in [1.82, 2.24) is 9.97 Å². The second-order valence-corrected chi connectivity index (χ2v) is 11.9. The number of pyridine rings is 2. The van der Waals surface area contributed by atoms with Crippen molar-refractivity contribution in [3.8, 4) is 11.8 Å². The predicted octanol–water partition coefficient (Wildman–Crippen LogP) is 5.06. The van der Waals surface area contributed by atoms with E-state index in [1.165, 1.54) is 14.0 Å². The molecule has 0 amide bonds. The first-order valence-corrected chi connectivity index (χ1v) is 13.8. The molecule has 220 valence electrons. The molecule has 0 aliphatic rings. The molecule has 0 radical (unpaired) electrons. The number of halogens is 2. The van der Waals surface area contributed by atoms with Crippen LogP contribution in [0.1, 0.15) is 59.9 Å². The average Bonchev–Trinajstić information content (AvgIpc) is 2.77. The molecule has 0 aliphatic heterocycles. The Balaban J connectivity index is 0.000000610. The normalized spacial score (nSPS) is 13.7. The molecule has 12 heteroatoms. The number of carbonyl (C=O) groups is 2. The largest absolute Gasteiger partial charge is 0.481 e. The maximum absolute atomic E-state index is 12.2. The molecule has 0 saturated carbocycles. The van der Waals surface area contributed by atoms with Crippen LogP contribution in [0.2, 0.25) is 0 Å². The Morgan fingerprint density at radius 3 is 1.69 bits per heavy atom. The number of aliphatic carboxylic acids is 1. The van der Waals surface area contributed by atoms with Gasteiger partial charge in [0.2, 0.25) is 11.8 Å². The maximum atomic E-state index is 12.2. The fraction of sp³-hybridized carbons (Fsp3) is 0.556. The van der Waals surface area contributed by atoms with Gasteiger partial charge in [-0.2, -0.15) is 0 Å². The Morgan fingerprint density at radius 1 is 0.872 bits per heavy atom. The summed E-state index contributed by atoms with van der Waals surface area (Å²) in [6, 6.07) is 6.83. The molecule has 0 aromatic carbocycles. The Bertz CT molecular complexity index is 1060. The lowest BCUT2D eigenvalue weighted by Gasteiger charge is -2.23. The minimum atomic E-state index is -1.56. The molecule has 2 aromatic rings. The van der Waals surface area contributed by atoms with Gasteiger partial charge in [-0.3, -0.25) is 4.79 Å². The number of carboxylic acid groups (broad SMARTS) is 1. The van der Waals surface area contributed by atoms with Crippen LogP contribution in [-0.4, -0.2) is 62.5 Å². The number of carboxylic acids is 1. The summed E-state index contributed by atoms with van der Waals surface area (Å²) in [4.78, 5) is 30.5. The summed E-state index contributed by atoms with van der Waals surface area (Å²) >= 11 is 6.45. The minimum absolute atomic E-state index is 0.164. The van der Waals surface area contributed by atoms with Crippen molar-refractivity contribution < 1.29 is 34.4 Å². The van der Waals surface area contributed by atoms with E-state index in [0.717, 1.165) is 5.56 Å².